The maximum atomic E-state index is 12.0. The minimum atomic E-state index is -5.08. The standard InChI is InChI=1S/C29H30N4O2.C2HF3O2/c34-29(35)28-26-14-13-24-20-31-18-15-25(24)27(26)32-33(28)19-5-17-30-16-4-6-21-9-11-23(12-10-21)22-7-2-1-3-8-22;3-2(4,5)1(6)7/h1-3,7-12,15,18,20,30H,4-6,13-14,16-17,19H2,(H,34,35);(H,6,7). The van der Waals surface area contributed by atoms with Gasteiger partial charge in [-0.1, -0.05) is 54.6 Å². The van der Waals surface area contributed by atoms with E-state index in [0.717, 1.165) is 61.2 Å². The van der Waals surface area contributed by atoms with Crippen molar-refractivity contribution < 1.29 is 33.0 Å². The minimum absolute atomic E-state index is 0.335. The van der Waals surface area contributed by atoms with Gasteiger partial charge in [-0.25, -0.2) is 9.59 Å². The van der Waals surface area contributed by atoms with Gasteiger partial charge in [-0.2, -0.15) is 18.3 Å². The summed E-state index contributed by atoms with van der Waals surface area (Å²) < 4.78 is 33.4. The van der Waals surface area contributed by atoms with Crippen molar-refractivity contribution in [3.63, 3.8) is 0 Å². The van der Waals surface area contributed by atoms with E-state index in [2.05, 4.69) is 58.8 Å². The largest absolute Gasteiger partial charge is 0.490 e. The molecule has 0 atom stereocenters. The third-order valence-corrected chi connectivity index (χ3v) is 6.90. The third-order valence-electron chi connectivity index (χ3n) is 6.90. The molecule has 8 nitrogen and oxygen atoms in total. The lowest BCUT2D eigenvalue weighted by molar-refractivity contribution is -0.192. The van der Waals surface area contributed by atoms with Gasteiger partial charge in [0.25, 0.3) is 0 Å². The molecule has 0 spiro atoms. The molecule has 2 aromatic carbocycles. The van der Waals surface area contributed by atoms with Crippen molar-refractivity contribution in [1.82, 2.24) is 20.1 Å². The number of aromatic carboxylic acids is 1. The molecule has 2 heterocycles. The summed E-state index contributed by atoms with van der Waals surface area (Å²) in [5.74, 6) is -3.66. The first-order valence-electron chi connectivity index (χ1n) is 13.6. The number of carboxylic acid groups (broad SMARTS) is 2. The molecule has 2 aromatic heterocycles. The van der Waals surface area contributed by atoms with E-state index in [1.165, 1.54) is 16.7 Å². The number of alkyl halides is 3. The van der Waals surface area contributed by atoms with Gasteiger partial charge in [0, 0.05) is 30.1 Å². The smallest absolute Gasteiger partial charge is 0.477 e. The van der Waals surface area contributed by atoms with E-state index < -0.39 is 18.1 Å². The van der Waals surface area contributed by atoms with Crippen LogP contribution >= 0.6 is 0 Å². The van der Waals surface area contributed by atoms with Crippen molar-refractivity contribution in [2.75, 3.05) is 13.1 Å². The molecule has 0 aliphatic heterocycles. The average molecular weight is 581 g/mol. The average Bonchev–Trinajstić information content (AvgIpc) is 3.36. The van der Waals surface area contributed by atoms with Gasteiger partial charge in [-0.3, -0.25) is 9.67 Å². The quantitative estimate of drug-likeness (QED) is 0.207. The van der Waals surface area contributed by atoms with Crippen LogP contribution in [0.25, 0.3) is 22.4 Å². The number of nitrogens with zero attached hydrogens (tertiary/aromatic N) is 3. The Bertz CT molecular complexity index is 1500. The predicted octanol–water partition coefficient (Wildman–Crippen LogP) is 5.65. The Kier molecular flexibility index (Phi) is 10.1. The molecule has 220 valence electrons. The van der Waals surface area contributed by atoms with Crippen molar-refractivity contribution in [3.8, 4) is 22.4 Å². The Morgan fingerprint density at radius 1 is 0.905 bits per heavy atom. The van der Waals surface area contributed by atoms with Crippen molar-refractivity contribution in [2.45, 2.75) is 44.8 Å². The maximum absolute atomic E-state index is 12.0. The number of fused-ring (bicyclic) bond motifs is 3. The number of hydrogen-bond acceptors (Lipinski definition) is 5. The summed E-state index contributed by atoms with van der Waals surface area (Å²) in [6.45, 7) is 2.35. The van der Waals surface area contributed by atoms with Crippen molar-refractivity contribution in [3.05, 3.63) is 95.4 Å². The number of aliphatic carboxylic acids is 1. The number of hydrogen-bond donors (Lipinski definition) is 3. The molecular formula is C31H31F3N4O4. The SMILES string of the molecule is O=C(O)C(F)(F)F.O=C(O)c1c2c(nn1CCCNCCCc1ccc(-c3ccccc3)cc1)-c1ccncc1CC2. The van der Waals surface area contributed by atoms with Gasteiger partial charge in [0.15, 0.2) is 0 Å². The fourth-order valence-electron chi connectivity index (χ4n) is 4.86. The van der Waals surface area contributed by atoms with E-state index in [4.69, 9.17) is 15.0 Å². The number of rotatable bonds is 10. The monoisotopic (exact) mass is 580 g/mol. The van der Waals surface area contributed by atoms with Gasteiger partial charge < -0.3 is 15.5 Å². The number of halogens is 3. The summed E-state index contributed by atoms with van der Waals surface area (Å²) in [6, 6.07) is 21.2. The minimum Gasteiger partial charge on any atom is -0.477 e. The van der Waals surface area contributed by atoms with E-state index in [9.17, 15) is 23.1 Å². The van der Waals surface area contributed by atoms with Gasteiger partial charge >= 0.3 is 18.1 Å². The highest BCUT2D eigenvalue weighted by atomic mass is 19.4. The van der Waals surface area contributed by atoms with Crippen LogP contribution in [-0.2, 0) is 30.6 Å². The lowest BCUT2D eigenvalue weighted by Crippen LogP contribution is -2.21. The second-order valence-electron chi connectivity index (χ2n) is 9.81. The Balaban J connectivity index is 0.000000517. The van der Waals surface area contributed by atoms with Crippen LogP contribution in [0.4, 0.5) is 13.2 Å². The molecule has 0 saturated carbocycles. The molecule has 1 aliphatic rings. The predicted molar refractivity (Wildman–Crippen MR) is 151 cm³/mol. The zero-order valence-corrected chi connectivity index (χ0v) is 22.8. The number of pyridine rings is 1. The van der Waals surface area contributed by atoms with Crippen LogP contribution < -0.4 is 5.32 Å². The summed E-state index contributed by atoms with van der Waals surface area (Å²) >= 11 is 0. The summed E-state index contributed by atoms with van der Waals surface area (Å²) in [6.07, 6.45) is 2.94. The number of carboxylic acids is 2. The van der Waals surface area contributed by atoms with Gasteiger partial charge in [-0.15, -0.1) is 0 Å². The molecule has 42 heavy (non-hydrogen) atoms. The van der Waals surface area contributed by atoms with Crippen LogP contribution in [0.5, 0.6) is 0 Å². The highest BCUT2D eigenvalue weighted by molar-refractivity contribution is 5.90. The molecule has 3 N–H and O–H groups in total. The summed E-state index contributed by atoms with van der Waals surface area (Å²) in [7, 11) is 0. The molecule has 4 aromatic rings. The molecule has 0 fully saturated rings. The van der Waals surface area contributed by atoms with Crippen LogP contribution in [0.2, 0.25) is 0 Å². The fraction of sp³-hybridized carbons (Fsp3) is 0.290. The Morgan fingerprint density at radius 3 is 2.24 bits per heavy atom. The number of aryl methyl sites for hydroxylation is 3. The molecule has 11 heteroatoms. The maximum Gasteiger partial charge on any atom is 0.490 e. The molecule has 0 unspecified atom stereocenters. The Morgan fingerprint density at radius 2 is 1.57 bits per heavy atom. The van der Waals surface area contributed by atoms with Crippen molar-refractivity contribution in [1.29, 1.82) is 0 Å². The second-order valence-corrected chi connectivity index (χ2v) is 9.81. The number of carbonyl (C=O) groups is 2. The first kappa shape index (κ1) is 30.4. The topological polar surface area (TPSA) is 117 Å². The van der Waals surface area contributed by atoms with E-state index >= 15 is 0 Å². The molecule has 0 amide bonds. The first-order chi connectivity index (χ1) is 20.1. The molecule has 0 bridgehead atoms. The highest BCUT2D eigenvalue weighted by Gasteiger charge is 2.38. The summed E-state index contributed by atoms with van der Waals surface area (Å²) in [5.41, 5.74) is 7.96. The Hall–Kier alpha value is -4.51. The normalized spacial score (nSPS) is 12.1. The molecule has 0 radical (unpaired) electrons. The van der Waals surface area contributed by atoms with Crippen LogP contribution in [0.3, 0.4) is 0 Å². The van der Waals surface area contributed by atoms with Gasteiger partial charge in [0.05, 0.1) is 5.69 Å². The van der Waals surface area contributed by atoms with E-state index in [0.29, 0.717) is 18.7 Å². The number of aromatic nitrogens is 3. The van der Waals surface area contributed by atoms with Crippen LogP contribution in [0.15, 0.2) is 73.1 Å². The first-order valence-corrected chi connectivity index (χ1v) is 13.6. The highest BCUT2D eigenvalue weighted by Crippen LogP contribution is 2.34. The fourth-order valence-corrected chi connectivity index (χ4v) is 4.86. The van der Waals surface area contributed by atoms with Crippen LogP contribution in [-0.4, -0.2) is 56.2 Å². The molecule has 0 saturated heterocycles. The molecular weight excluding hydrogens is 549 g/mol. The second kappa shape index (κ2) is 13.9. The van der Waals surface area contributed by atoms with Crippen LogP contribution in [0.1, 0.15) is 40.0 Å². The molecule has 5 rings (SSSR count). The van der Waals surface area contributed by atoms with Gasteiger partial charge in [-0.05, 0) is 73.5 Å². The number of benzene rings is 2. The van der Waals surface area contributed by atoms with Gasteiger partial charge in [0.1, 0.15) is 5.69 Å². The van der Waals surface area contributed by atoms with E-state index in [1.54, 1.807) is 10.9 Å². The zero-order chi connectivity index (χ0) is 30.1. The van der Waals surface area contributed by atoms with E-state index in [-0.39, 0.29) is 0 Å². The van der Waals surface area contributed by atoms with E-state index in [1.807, 2.05) is 18.3 Å². The van der Waals surface area contributed by atoms with Crippen molar-refractivity contribution >= 4 is 11.9 Å². The summed E-state index contributed by atoms with van der Waals surface area (Å²) in [5, 5.41) is 25.1. The summed E-state index contributed by atoms with van der Waals surface area (Å²) in [4.78, 5) is 25.1. The lowest BCUT2D eigenvalue weighted by atomic mass is 9.90. The third kappa shape index (κ3) is 7.82. The lowest BCUT2D eigenvalue weighted by Gasteiger charge is -2.14. The van der Waals surface area contributed by atoms with Crippen molar-refractivity contribution in [2.24, 2.45) is 0 Å². The number of nitrogens with one attached hydrogen (secondary N) is 1. The van der Waals surface area contributed by atoms with Gasteiger partial charge in [0.2, 0.25) is 0 Å². The molecule has 1 aliphatic carbocycles. The van der Waals surface area contributed by atoms with Crippen LogP contribution in [0, 0.1) is 0 Å². The Labute approximate surface area is 240 Å². The zero-order valence-electron chi connectivity index (χ0n) is 22.8.